The summed E-state index contributed by atoms with van der Waals surface area (Å²) in [5, 5.41) is 7.85. The van der Waals surface area contributed by atoms with Crippen LogP contribution in [-0.2, 0) is 58.0 Å². The molecular weight excluding hydrogens is 962 g/mol. The molecule has 70 heavy (non-hydrogen) atoms. The quantitative estimate of drug-likeness (QED) is 0.0292. The molecule has 1 amide bonds. The second kappa shape index (κ2) is 23.1. The number of methoxy groups -OCH3 is 1. The van der Waals surface area contributed by atoms with E-state index in [9.17, 15) is 32.4 Å². The zero-order chi connectivity index (χ0) is 51.7. The van der Waals surface area contributed by atoms with Gasteiger partial charge in [0.1, 0.15) is 18.5 Å². The number of hydrogen-bond acceptors (Lipinski definition) is 19. The zero-order valence-electron chi connectivity index (χ0n) is 40.5. The third-order valence-electron chi connectivity index (χ3n) is 10.8. The molecule has 3 aromatic rings. The van der Waals surface area contributed by atoms with Crippen LogP contribution in [0.4, 0.5) is 5.69 Å². The molecule has 0 aliphatic carbocycles. The number of carbonyl (C=O) groups excluding carboxylic acids is 5. The van der Waals surface area contributed by atoms with E-state index in [1.807, 2.05) is 27.7 Å². The van der Waals surface area contributed by atoms with Crippen molar-refractivity contribution < 1.29 is 78.7 Å². The largest absolute Gasteiger partial charge is 0.501 e. The molecule has 0 bridgehead atoms. The highest BCUT2D eigenvalue weighted by Crippen LogP contribution is 2.45. The first-order valence-corrected chi connectivity index (χ1v) is 23.8. The van der Waals surface area contributed by atoms with Crippen LogP contribution >= 0.6 is 11.6 Å². The fourth-order valence-electron chi connectivity index (χ4n) is 7.94. The van der Waals surface area contributed by atoms with Crippen molar-refractivity contribution in [3.05, 3.63) is 64.0 Å². The number of amides is 1. The Morgan fingerprint density at radius 2 is 1.49 bits per heavy atom. The Balaban J connectivity index is 1.56. The maximum absolute atomic E-state index is 14.2. The molecule has 6 atom stereocenters. The molecule has 1 fully saturated rings. The van der Waals surface area contributed by atoms with Gasteiger partial charge in [-0.25, -0.2) is 0 Å². The summed E-state index contributed by atoms with van der Waals surface area (Å²) in [5.41, 5.74) is 8.99. The monoisotopic (exact) mass is 1020 g/mol. The van der Waals surface area contributed by atoms with Crippen molar-refractivity contribution in [1.82, 2.24) is 4.90 Å². The van der Waals surface area contributed by atoms with Gasteiger partial charge in [0, 0.05) is 99.2 Å². The highest BCUT2D eigenvalue weighted by atomic mass is 35.5. The summed E-state index contributed by atoms with van der Waals surface area (Å²) in [5.74, 6) is -4.59. The molecule has 24 heteroatoms. The van der Waals surface area contributed by atoms with Gasteiger partial charge in [-0.15, -0.1) is 20.0 Å². The lowest BCUT2D eigenvalue weighted by Crippen LogP contribution is -2.63. The van der Waals surface area contributed by atoms with Gasteiger partial charge < -0.3 is 56.5 Å². The summed E-state index contributed by atoms with van der Waals surface area (Å²) in [6.45, 7) is 12.5. The first kappa shape index (κ1) is 54.7. The van der Waals surface area contributed by atoms with Gasteiger partial charge in [0.25, 0.3) is 5.91 Å². The van der Waals surface area contributed by atoms with Crippen molar-refractivity contribution in [2.24, 2.45) is 15.9 Å². The number of rotatable bonds is 22. The number of halogens is 1. The van der Waals surface area contributed by atoms with Crippen molar-refractivity contribution in [2.75, 3.05) is 64.8 Å². The van der Waals surface area contributed by atoms with E-state index in [0.717, 1.165) is 39.3 Å². The molecule has 0 aromatic heterocycles. The Bertz CT molecular complexity index is 2610. The van der Waals surface area contributed by atoms with Crippen LogP contribution < -0.4 is 23.2 Å². The van der Waals surface area contributed by atoms with Crippen LogP contribution in [0.25, 0.3) is 21.2 Å². The second-order valence-electron chi connectivity index (χ2n) is 18.3. The van der Waals surface area contributed by atoms with E-state index in [2.05, 4.69) is 15.3 Å². The molecule has 22 nitrogen and oxygen atoms in total. The minimum atomic E-state index is -5.17. The maximum atomic E-state index is 14.2. The number of ether oxygens (including phenoxy) is 8. The third-order valence-corrected chi connectivity index (χ3v) is 11.9. The number of alkyl halides is 1. The zero-order valence-corrected chi connectivity index (χ0v) is 42.0. The second-order valence-corrected chi connectivity index (χ2v) is 19.7. The van der Waals surface area contributed by atoms with Crippen molar-refractivity contribution in [1.29, 1.82) is 0 Å². The standard InChI is InChI=1S/C46H58ClN5O17S/c1-25(53)62-20-38-40(63-26(2)54)41(64-27(3)55)42(65-28(4)56)44(67-38)66-35-14-11-29(43(57)52(9)22-46(7,8)24-61-23-45(5,6)21-50-51-48)15-37(35)69-70(58,59)68-36-17-34-39(30(18-47)19-49-34)33-16-31(60-10)12-13-32(33)36/h11-17,30,38,40-42,44,49H,18-24H2,1-10H3/t30-,38-,40-,41+,42-,44-/m1/s1. The van der Waals surface area contributed by atoms with Gasteiger partial charge in [0.15, 0.2) is 29.5 Å². The summed E-state index contributed by atoms with van der Waals surface area (Å²) in [6, 6.07) is 10.0. The van der Waals surface area contributed by atoms with Crippen LogP contribution in [0, 0.1) is 10.8 Å². The van der Waals surface area contributed by atoms with Gasteiger partial charge in [-0.3, -0.25) is 24.0 Å². The van der Waals surface area contributed by atoms with Crippen LogP contribution in [0.2, 0.25) is 0 Å². The summed E-state index contributed by atoms with van der Waals surface area (Å²) in [7, 11) is -2.14. The summed E-state index contributed by atoms with van der Waals surface area (Å²) < 4.78 is 85.2. The van der Waals surface area contributed by atoms with Crippen LogP contribution in [0.15, 0.2) is 47.6 Å². The Hall–Kier alpha value is -6.26. The minimum absolute atomic E-state index is 0.0831. The van der Waals surface area contributed by atoms with Gasteiger partial charge in [0.05, 0.1) is 20.3 Å². The van der Waals surface area contributed by atoms with Crippen LogP contribution in [0.1, 0.15) is 77.2 Å². The molecular formula is C46H58ClN5O17S. The molecule has 3 aromatic carbocycles. The third kappa shape index (κ3) is 14.4. The fourth-order valence-corrected chi connectivity index (χ4v) is 8.95. The number of benzene rings is 3. The summed E-state index contributed by atoms with van der Waals surface area (Å²) in [6.07, 6.45) is -8.15. The van der Waals surface area contributed by atoms with Crippen LogP contribution in [0.3, 0.4) is 0 Å². The van der Waals surface area contributed by atoms with Crippen molar-refractivity contribution in [3.63, 3.8) is 0 Å². The average molecular weight is 1020 g/mol. The SMILES string of the molecule is COc1ccc2c(OS(=O)(=O)Oc3cc(C(=O)N(C)CC(C)(C)COCC(C)(C)CN=[N+]=[N-])ccc3O[C@@H]3O[C@H](COC(C)=O)[C@@H](OC(C)=O)[C@H](OC(C)=O)[C@H]3OC(C)=O)cc3c(c2c1)[C@H](CCl)CN3. The topological polar surface area (TPSA) is 276 Å². The number of nitrogens with zero attached hydrogens (tertiary/aromatic N) is 4. The molecule has 0 radical (unpaired) electrons. The van der Waals surface area contributed by atoms with Crippen LogP contribution in [0.5, 0.6) is 23.0 Å². The molecule has 0 saturated carbocycles. The number of nitrogens with one attached hydrogen (secondary N) is 1. The van der Waals surface area contributed by atoms with Gasteiger partial charge >= 0.3 is 34.3 Å². The smallest absolute Gasteiger partial charge is 0.497 e. The van der Waals surface area contributed by atoms with Gasteiger partial charge in [-0.2, -0.15) is 0 Å². The van der Waals surface area contributed by atoms with Gasteiger partial charge in [-0.1, -0.05) is 32.8 Å². The number of azide groups is 1. The molecule has 0 spiro atoms. The maximum Gasteiger partial charge on any atom is 0.501 e. The lowest BCUT2D eigenvalue weighted by atomic mass is 9.92. The van der Waals surface area contributed by atoms with Crippen molar-refractivity contribution >= 4 is 68.2 Å². The summed E-state index contributed by atoms with van der Waals surface area (Å²) in [4.78, 5) is 67.8. The molecule has 1 N–H and O–H groups in total. The highest BCUT2D eigenvalue weighted by molar-refractivity contribution is 7.82. The number of fused-ring (bicyclic) bond motifs is 3. The van der Waals surface area contributed by atoms with E-state index in [0.29, 0.717) is 28.8 Å². The molecule has 5 rings (SSSR count). The minimum Gasteiger partial charge on any atom is -0.497 e. The first-order chi connectivity index (χ1) is 32.9. The molecule has 0 unspecified atom stereocenters. The molecule has 1 saturated heterocycles. The van der Waals surface area contributed by atoms with Crippen LogP contribution in [-0.4, -0.2) is 133 Å². The van der Waals surface area contributed by atoms with E-state index >= 15 is 0 Å². The Labute approximate surface area is 410 Å². The number of esters is 4. The normalized spacial score (nSPS) is 19.9. The Morgan fingerprint density at radius 1 is 0.843 bits per heavy atom. The molecule has 2 heterocycles. The van der Waals surface area contributed by atoms with E-state index < -0.39 is 99.8 Å². The predicted molar refractivity (Wildman–Crippen MR) is 251 cm³/mol. The molecule has 382 valence electrons. The fraction of sp³-hybridized carbons (Fsp3) is 0.543. The Morgan fingerprint density at radius 3 is 2.11 bits per heavy atom. The number of anilines is 1. The van der Waals surface area contributed by atoms with Gasteiger partial charge in [-0.05, 0) is 58.3 Å². The van der Waals surface area contributed by atoms with E-state index in [1.165, 1.54) is 37.3 Å². The number of hydrogen-bond donors (Lipinski definition) is 1. The lowest BCUT2D eigenvalue weighted by molar-refractivity contribution is -0.288. The first-order valence-electron chi connectivity index (χ1n) is 21.9. The Kier molecular flexibility index (Phi) is 18.0. The number of carbonyl (C=O) groups is 5. The van der Waals surface area contributed by atoms with Crippen molar-refractivity contribution in [3.8, 4) is 23.0 Å². The summed E-state index contributed by atoms with van der Waals surface area (Å²) >= 11 is 6.32. The average Bonchev–Trinajstić information content (AvgIpc) is 3.69. The van der Waals surface area contributed by atoms with Gasteiger partial charge in [0.2, 0.25) is 12.4 Å². The highest BCUT2D eigenvalue weighted by Gasteiger charge is 2.53. The predicted octanol–water partition coefficient (Wildman–Crippen LogP) is 6.21. The van der Waals surface area contributed by atoms with E-state index in [-0.39, 0.29) is 49.4 Å². The van der Waals surface area contributed by atoms with E-state index in [4.69, 9.17) is 63.4 Å². The van der Waals surface area contributed by atoms with E-state index in [1.54, 1.807) is 18.2 Å². The molecule has 2 aliphatic rings. The van der Waals surface area contributed by atoms with Crippen molar-refractivity contribution in [2.45, 2.75) is 92.0 Å². The molecule has 2 aliphatic heterocycles. The lowest BCUT2D eigenvalue weighted by Gasteiger charge is -2.44.